The Labute approximate surface area is 183 Å². The fourth-order valence-corrected chi connectivity index (χ4v) is 3.02. The van der Waals surface area contributed by atoms with Gasteiger partial charge in [-0.15, -0.1) is 0 Å². The molecule has 162 valence electrons. The molecule has 0 saturated heterocycles. The third-order valence-corrected chi connectivity index (χ3v) is 5.01. The van der Waals surface area contributed by atoms with Crippen LogP contribution in [0.3, 0.4) is 0 Å². The van der Waals surface area contributed by atoms with Crippen molar-refractivity contribution in [2.45, 2.75) is 39.8 Å². The van der Waals surface area contributed by atoms with Crippen molar-refractivity contribution in [3.05, 3.63) is 65.7 Å². The lowest BCUT2D eigenvalue weighted by Gasteiger charge is -2.10. The van der Waals surface area contributed by atoms with Crippen LogP contribution < -0.4 is 15.4 Å². The second kappa shape index (κ2) is 10.1. The summed E-state index contributed by atoms with van der Waals surface area (Å²) in [6, 6.07) is 12.1. The Morgan fingerprint density at radius 2 is 2.03 bits per heavy atom. The van der Waals surface area contributed by atoms with Gasteiger partial charge in [0.25, 0.3) is 0 Å². The molecule has 2 heterocycles. The molecule has 2 aromatic heterocycles. The smallest absolute Gasteiger partial charge is 0.226 e. The van der Waals surface area contributed by atoms with Gasteiger partial charge >= 0.3 is 0 Å². The first-order valence-corrected chi connectivity index (χ1v) is 10.8. The first kappa shape index (κ1) is 20.9. The van der Waals surface area contributed by atoms with Gasteiger partial charge in [-0.05, 0) is 56.4 Å². The highest BCUT2D eigenvalue weighted by Gasteiger charge is 2.22. The number of benzene rings is 1. The van der Waals surface area contributed by atoms with Gasteiger partial charge in [-0.3, -0.25) is 0 Å². The maximum atomic E-state index is 5.77. The average Bonchev–Trinajstić information content (AvgIpc) is 3.51. The van der Waals surface area contributed by atoms with E-state index in [1.165, 1.54) is 18.4 Å². The van der Waals surface area contributed by atoms with Crippen LogP contribution in [0.1, 0.15) is 36.6 Å². The van der Waals surface area contributed by atoms with E-state index >= 15 is 0 Å². The Morgan fingerprint density at radius 1 is 1.19 bits per heavy atom. The highest BCUT2D eigenvalue weighted by atomic mass is 16.5. The third kappa shape index (κ3) is 6.31. The first-order chi connectivity index (χ1) is 15.2. The molecule has 7 heteroatoms. The molecule has 0 radical (unpaired) electrons. The highest BCUT2D eigenvalue weighted by Crippen LogP contribution is 2.29. The number of nitrogens with zero attached hydrogens (tertiary/aromatic N) is 3. The van der Waals surface area contributed by atoms with Gasteiger partial charge in [0.2, 0.25) is 11.8 Å². The number of hydrogen-bond acceptors (Lipinski definition) is 5. The Morgan fingerprint density at radius 3 is 2.81 bits per heavy atom. The molecule has 0 bridgehead atoms. The molecule has 1 saturated carbocycles. The van der Waals surface area contributed by atoms with E-state index in [2.05, 4.69) is 44.7 Å². The Bertz CT molecular complexity index is 1010. The number of aryl methyl sites for hydroxylation is 1. The molecule has 3 aromatic rings. The molecule has 1 aromatic carbocycles. The molecule has 7 nitrogen and oxygen atoms in total. The number of nitrogens with one attached hydrogen (secondary N) is 2. The molecular weight excluding hydrogens is 390 g/mol. The largest absolute Gasteiger partial charge is 0.477 e. The van der Waals surface area contributed by atoms with Gasteiger partial charge < -0.3 is 19.8 Å². The van der Waals surface area contributed by atoms with Crippen LogP contribution in [0.5, 0.6) is 5.88 Å². The highest BCUT2D eigenvalue weighted by molar-refractivity contribution is 5.79. The summed E-state index contributed by atoms with van der Waals surface area (Å²) in [5.74, 6) is 2.72. The predicted octanol–water partition coefficient (Wildman–Crippen LogP) is 4.09. The molecule has 2 N–H and O–H groups in total. The Hall–Kier alpha value is -3.35. The molecule has 0 atom stereocenters. The van der Waals surface area contributed by atoms with Crippen molar-refractivity contribution < 1.29 is 9.15 Å². The van der Waals surface area contributed by atoms with Gasteiger partial charge in [-0.25, -0.2) is 15.0 Å². The van der Waals surface area contributed by atoms with E-state index in [1.54, 1.807) is 12.5 Å². The number of rotatable bonds is 9. The normalized spacial score (nSPS) is 13.8. The SMILES string of the molecule is CCNC(=NCc1ccnc(OCC2CC2)c1)NCc1coc(-c2ccc(C)cc2)n1. The molecule has 0 spiro atoms. The summed E-state index contributed by atoms with van der Waals surface area (Å²) < 4.78 is 11.4. The van der Waals surface area contributed by atoms with E-state index < -0.39 is 0 Å². The summed E-state index contributed by atoms with van der Waals surface area (Å²) in [4.78, 5) is 13.5. The molecular formula is C24H29N5O2. The topological polar surface area (TPSA) is 84.6 Å². The van der Waals surface area contributed by atoms with Gasteiger partial charge in [-0.1, -0.05) is 17.7 Å². The maximum Gasteiger partial charge on any atom is 0.226 e. The average molecular weight is 420 g/mol. The Balaban J connectivity index is 1.34. The lowest BCUT2D eigenvalue weighted by Crippen LogP contribution is -2.36. The monoisotopic (exact) mass is 419 g/mol. The van der Waals surface area contributed by atoms with Crippen molar-refractivity contribution in [2.24, 2.45) is 10.9 Å². The molecule has 0 amide bonds. The van der Waals surface area contributed by atoms with E-state index in [1.807, 2.05) is 31.2 Å². The summed E-state index contributed by atoms with van der Waals surface area (Å²) in [7, 11) is 0. The van der Waals surface area contributed by atoms with Crippen LogP contribution in [0.2, 0.25) is 0 Å². The maximum absolute atomic E-state index is 5.77. The van der Waals surface area contributed by atoms with Crippen molar-refractivity contribution in [3.8, 4) is 17.3 Å². The summed E-state index contributed by atoms with van der Waals surface area (Å²) in [5.41, 5.74) is 4.05. The second-order valence-electron chi connectivity index (χ2n) is 7.82. The molecule has 4 rings (SSSR count). The van der Waals surface area contributed by atoms with Crippen LogP contribution >= 0.6 is 0 Å². The van der Waals surface area contributed by atoms with E-state index in [0.717, 1.165) is 35.9 Å². The standard InChI is InChI=1S/C24H29N5O2/c1-3-25-24(27-13-19-10-11-26-22(12-19)30-15-18-6-7-18)28-14-21-16-31-23(29-21)20-8-4-17(2)5-9-20/h4-5,8-12,16,18H,3,6-7,13-15H2,1-2H3,(H2,25,27,28). The second-order valence-corrected chi connectivity index (χ2v) is 7.82. The fraction of sp³-hybridized carbons (Fsp3) is 0.375. The summed E-state index contributed by atoms with van der Waals surface area (Å²) in [6.07, 6.45) is 5.98. The van der Waals surface area contributed by atoms with Crippen LogP contribution in [0, 0.1) is 12.8 Å². The zero-order chi connectivity index (χ0) is 21.5. The number of hydrogen-bond donors (Lipinski definition) is 2. The van der Waals surface area contributed by atoms with Gasteiger partial charge in [0.15, 0.2) is 5.96 Å². The van der Waals surface area contributed by atoms with Crippen molar-refractivity contribution in [1.29, 1.82) is 0 Å². The molecule has 31 heavy (non-hydrogen) atoms. The van der Waals surface area contributed by atoms with Crippen molar-refractivity contribution in [2.75, 3.05) is 13.2 Å². The van der Waals surface area contributed by atoms with Crippen LogP contribution in [0.4, 0.5) is 0 Å². The predicted molar refractivity (Wildman–Crippen MR) is 121 cm³/mol. The van der Waals surface area contributed by atoms with Crippen molar-refractivity contribution in [3.63, 3.8) is 0 Å². The molecule has 0 unspecified atom stereocenters. The van der Waals surface area contributed by atoms with Crippen LogP contribution in [-0.2, 0) is 13.1 Å². The van der Waals surface area contributed by atoms with E-state index in [4.69, 9.17) is 9.15 Å². The number of aliphatic imine (C=N–C) groups is 1. The van der Waals surface area contributed by atoms with Gasteiger partial charge in [-0.2, -0.15) is 0 Å². The molecule has 1 aliphatic carbocycles. The molecule has 1 aliphatic rings. The fourth-order valence-electron chi connectivity index (χ4n) is 3.02. The van der Waals surface area contributed by atoms with E-state index in [0.29, 0.717) is 30.8 Å². The van der Waals surface area contributed by atoms with Crippen LogP contribution in [0.25, 0.3) is 11.5 Å². The zero-order valence-electron chi connectivity index (χ0n) is 18.1. The minimum absolute atomic E-state index is 0.521. The summed E-state index contributed by atoms with van der Waals surface area (Å²) >= 11 is 0. The van der Waals surface area contributed by atoms with Crippen molar-refractivity contribution >= 4 is 5.96 Å². The van der Waals surface area contributed by atoms with Gasteiger partial charge in [0, 0.05) is 24.4 Å². The van der Waals surface area contributed by atoms with Gasteiger partial charge in [0.1, 0.15) is 6.26 Å². The number of pyridine rings is 1. The van der Waals surface area contributed by atoms with Crippen molar-refractivity contribution in [1.82, 2.24) is 20.6 Å². The number of oxazole rings is 1. The zero-order valence-corrected chi connectivity index (χ0v) is 18.1. The number of aromatic nitrogens is 2. The molecule has 1 fully saturated rings. The minimum atomic E-state index is 0.521. The number of guanidine groups is 1. The lowest BCUT2D eigenvalue weighted by atomic mass is 10.1. The van der Waals surface area contributed by atoms with E-state index in [9.17, 15) is 0 Å². The minimum Gasteiger partial charge on any atom is -0.477 e. The lowest BCUT2D eigenvalue weighted by molar-refractivity contribution is 0.288. The Kier molecular flexibility index (Phi) is 6.82. The first-order valence-electron chi connectivity index (χ1n) is 10.8. The van der Waals surface area contributed by atoms with Gasteiger partial charge in [0.05, 0.1) is 25.4 Å². The van der Waals surface area contributed by atoms with E-state index in [-0.39, 0.29) is 0 Å². The molecule has 0 aliphatic heterocycles. The summed E-state index contributed by atoms with van der Waals surface area (Å²) in [5, 5.41) is 6.58. The van der Waals surface area contributed by atoms with Crippen LogP contribution in [-0.4, -0.2) is 29.1 Å². The quantitative estimate of drug-likeness (QED) is 0.401. The van der Waals surface area contributed by atoms with Crippen LogP contribution in [0.15, 0.2) is 58.3 Å². The summed E-state index contributed by atoms with van der Waals surface area (Å²) in [6.45, 7) is 6.68. The number of ether oxygens (including phenoxy) is 1. The third-order valence-electron chi connectivity index (χ3n) is 5.01.